The van der Waals surface area contributed by atoms with E-state index in [1.54, 1.807) is 18.2 Å². The summed E-state index contributed by atoms with van der Waals surface area (Å²) in [5.74, 6) is -0.473. The van der Waals surface area contributed by atoms with Crippen LogP contribution in [0.25, 0.3) is 0 Å². The first-order valence-corrected chi connectivity index (χ1v) is 12.7. The van der Waals surface area contributed by atoms with Crippen molar-refractivity contribution >= 4 is 38.9 Å². The summed E-state index contributed by atoms with van der Waals surface area (Å²) in [6.45, 7) is 7.49. The molecular weight excluding hydrogens is 455 g/mol. The van der Waals surface area contributed by atoms with Gasteiger partial charge < -0.3 is 4.90 Å². The highest BCUT2D eigenvalue weighted by Gasteiger charge is 2.51. The van der Waals surface area contributed by atoms with Crippen molar-refractivity contribution in [2.45, 2.75) is 56.7 Å². The molecule has 2 heterocycles. The van der Waals surface area contributed by atoms with E-state index in [-0.39, 0.29) is 44.1 Å². The second-order valence-electron chi connectivity index (χ2n) is 9.99. The average Bonchev–Trinajstić information content (AvgIpc) is 2.89. The third-order valence-corrected chi connectivity index (χ3v) is 8.63. The van der Waals surface area contributed by atoms with Crippen LogP contribution in [-0.2, 0) is 15.6 Å². The Hall–Kier alpha value is -1.63. The average molecular weight is 481 g/mol. The van der Waals surface area contributed by atoms with Gasteiger partial charge in [-0.25, -0.2) is 13.4 Å². The van der Waals surface area contributed by atoms with Crippen molar-refractivity contribution in [3.63, 3.8) is 0 Å². The Kier molecular flexibility index (Phi) is 5.64. The molecule has 1 saturated carbocycles. The number of likely N-dealkylation sites (tertiary alicyclic amines) is 1. The van der Waals surface area contributed by atoms with Crippen LogP contribution < -0.4 is 0 Å². The molecule has 2 atom stereocenters. The van der Waals surface area contributed by atoms with Crippen LogP contribution in [0.5, 0.6) is 0 Å². The van der Waals surface area contributed by atoms with Crippen LogP contribution in [0, 0.1) is 10.8 Å². The molecule has 4 rings (SSSR count). The second kappa shape index (κ2) is 7.75. The summed E-state index contributed by atoms with van der Waals surface area (Å²) in [4.78, 5) is 19.6. The topological polar surface area (TPSA) is 67.3 Å². The van der Waals surface area contributed by atoms with Gasteiger partial charge in [0.2, 0.25) is 0 Å². The molecule has 0 unspecified atom stereocenters. The van der Waals surface area contributed by atoms with Crippen molar-refractivity contribution in [1.29, 1.82) is 0 Å². The van der Waals surface area contributed by atoms with Gasteiger partial charge in [0, 0.05) is 17.6 Å². The van der Waals surface area contributed by atoms with Gasteiger partial charge in [0.25, 0.3) is 5.91 Å². The largest absolute Gasteiger partial charge is 0.334 e. The Balaban J connectivity index is 1.57. The van der Waals surface area contributed by atoms with Crippen molar-refractivity contribution in [2.75, 3.05) is 6.54 Å². The monoisotopic (exact) mass is 480 g/mol. The van der Waals surface area contributed by atoms with Crippen LogP contribution in [0.3, 0.4) is 0 Å². The summed E-state index contributed by atoms with van der Waals surface area (Å²) in [6.07, 6.45) is 3.07. The number of aromatic nitrogens is 1. The SMILES string of the molecule is CC1(C)C[C@@H]2C[C@@](C)(CN2C(=O)c2cccc(CS(=O)(=O)c3ccc(Cl)cc3Cl)n2)C1. The number of sulfone groups is 1. The number of rotatable bonds is 4. The lowest BCUT2D eigenvalue weighted by atomic mass is 9.65. The second-order valence-corrected chi connectivity index (χ2v) is 12.8. The van der Waals surface area contributed by atoms with E-state index < -0.39 is 9.84 Å². The molecule has 2 aromatic rings. The number of amides is 1. The van der Waals surface area contributed by atoms with Gasteiger partial charge in [0.1, 0.15) is 5.69 Å². The first-order valence-electron chi connectivity index (χ1n) is 10.3. The van der Waals surface area contributed by atoms with Gasteiger partial charge in [-0.2, -0.15) is 0 Å². The van der Waals surface area contributed by atoms with E-state index in [0.29, 0.717) is 17.3 Å². The maximum atomic E-state index is 13.3. The molecule has 2 fully saturated rings. The van der Waals surface area contributed by atoms with Crippen LogP contribution in [0.15, 0.2) is 41.3 Å². The summed E-state index contributed by atoms with van der Waals surface area (Å²) < 4.78 is 25.7. The maximum absolute atomic E-state index is 13.3. The molecule has 166 valence electrons. The van der Waals surface area contributed by atoms with Crippen LogP contribution in [0.1, 0.15) is 56.2 Å². The molecule has 31 heavy (non-hydrogen) atoms. The number of carbonyl (C=O) groups is 1. The summed E-state index contributed by atoms with van der Waals surface area (Å²) in [7, 11) is -3.74. The van der Waals surface area contributed by atoms with E-state index in [1.165, 1.54) is 18.2 Å². The molecule has 0 spiro atoms. The fourth-order valence-electron chi connectivity index (χ4n) is 5.52. The Morgan fingerprint density at radius 3 is 2.61 bits per heavy atom. The lowest BCUT2D eigenvalue weighted by molar-refractivity contribution is 0.0702. The van der Waals surface area contributed by atoms with Crippen molar-refractivity contribution < 1.29 is 13.2 Å². The normalized spacial score (nSPS) is 24.9. The first kappa shape index (κ1) is 22.6. The van der Waals surface area contributed by atoms with Gasteiger partial charge >= 0.3 is 0 Å². The third kappa shape index (κ3) is 4.62. The fourth-order valence-corrected chi connectivity index (χ4v) is 7.62. The Labute approximate surface area is 193 Å². The van der Waals surface area contributed by atoms with E-state index in [4.69, 9.17) is 23.2 Å². The molecule has 1 saturated heterocycles. The molecule has 8 heteroatoms. The number of hydrogen-bond acceptors (Lipinski definition) is 4. The Bertz CT molecular complexity index is 1150. The number of halogens is 2. The first-order chi connectivity index (χ1) is 14.4. The van der Waals surface area contributed by atoms with Gasteiger partial charge in [0.05, 0.1) is 21.4 Å². The Morgan fingerprint density at radius 1 is 1.16 bits per heavy atom. The molecule has 0 radical (unpaired) electrons. The molecule has 2 aliphatic rings. The molecule has 0 N–H and O–H groups in total. The minimum Gasteiger partial charge on any atom is -0.334 e. The quantitative estimate of drug-likeness (QED) is 0.586. The van der Waals surface area contributed by atoms with E-state index in [2.05, 4.69) is 25.8 Å². The predicted octanol–water partition coefficient (Wildman–Crippen LogP) is 5.40. The molecular formula is C23H26Cl2N2O3S. The number of benzene rings is 1. The van der Waals surface area contributed by atoms with Crippen molar-refractivity contribution in [3.8, 4) is 0 Å². The molecule has 1 aromatic heterocycles. The zero-order valence-electron chi connectivity index (χ0n) is 17.9. The summed E-state index contributed by atoms with van der Waals surface area (Å²) in [5.41, 5.74) is 0.914. The van der Waals surface area contributed by atoms with Gasteiger partial charge in [-0.05, 0) is 60.4 Å². The van der Waals surface area contributed by atoms with E-state index >= 15 is 0 Å². The van der Waals surface area contributed by atoms with Gasteiger partial charge in [0.15, 0.2) is 9.84 Å². The van der Waals surface area contributed by atoms with Crippen molar-refractivity contribution in [3.05, 3.63) is 57.8 Å². The minimum atomic E-state index is -3.74. The van der Waals surface area contributed by atoms with Crippen LogP contribution in [-0.4, -0.2) is 36.8 Å². The zero-order valence-corrected chi connectivity index (χ0v) is 20.2. The van der Waals surface area contributed by atoms with Crippen molar-refractivity contribution in [2.24, 2.45) is 10.8 Å². The fraction of sp³-hybridized carbons (Fsp3) is 0.478. The van der Waals surface area contributed by atoms with Crippen LogP contribution >= 0.6 is 23.2 Å². The lowest BCUT2D eigenvalue weighted by Gasteiger charge is -2.39. The van der Waals surface area contributed by atoms with E-state index in [1.807, 2.05) is 4.90 Å². The van der Waals surface area contributed by atoms with E-state index in [9.17, 15) is 13.2 Å². The number of nitrogens with zero attached hydrogens (tertiary/aromatic N) is 2. The summed E-state index contributed by atoms with van der Waals surface area (Å²) in [5, 5.41) is 0.433. The Morgan fingerprint density at radius 2 is 1.90 bits per heavy atom. The number of fused-ring (bicyclic) bond motifs is 2. The highest BCUT2D eigenvalue weighted by Crippen LogP contribution is 2.52. The van der Waals surface area contributed by atoms with Gasteiger partial charge in [-0.15, -0.1) is 0 Å². The summed E-state index contributed by atoms with van der Waals surface area (Å²) >= 11 is 12.0. The molecule has 1 aromatic carbocycles. The van der Waals surface area contributed by atoms with E-state index in [0.717, 1.165) is 19.3 Å². The van der Waals surface area contributed by atoms with Gasteiger partial charge in [-0.1, -0.05) is 50.0 Å². The molecule has 1 aliphatic carbocycles. The van der Waals surface area contributed by atoms with Gasteiger partial charge in [-0.3, -0.25) is 4.79 Å². The standard InChI is InChI=1S/C23H26Cl2N2O3S/c1-22(2)10-17-11-23(3,13-22)14-27(17)21(28)19-6-4-5-16(26-19)12-31(29,30)20-8-7-15(24)9-18(20)25/h4-9,17H,10-14H2,1-3H3/t17-,23-/m1/s1. The maximum Gasteiger partial charge on any atom is 0.272 e. The molecule has 5 nitrogen and oxygen atoms in total. The molecule has 1 amide bonds. The number of pyridine rings is 1. The van der Waals surface area contributed by atoms with Crippen LogP contribution in [0.2, 0.25) is 10.0 Å². The molecule has 1 aliphatic heterocycles. The number of hydrogen-bond donors (Lipinski definition) is 0. The lowest BCUT2D eigenvalue weighted by Crippen LogP contribution is -2.38. The third-order valence-electron chi connectivity index (χ3n) is 6.27. The highest BCUT2D eigenvalue weighted by molar-refractivity contribution is 7.90. The number of carbonyl (C=O) groups excluding carboxylic acids is 1. The predicted molar refractivity (Wildman–Crippen MR) is 122 cm³/mol. The van der Waals surface area contributed by atoms with Crippen LogP contribution in [0.4, 0.5) is 0 Å². The summed E-state index contributed by atoms with van der Waals surface area (Å²) in [6, 6.07) is 9.43. The van der Waals surface area contributed by atoms with Crippen molar-refractivity contribution in [1.82, 2.24) is 9.88 Å². The minimum absolute atomic E-state index is 0.000549. The zero-order chi connectivity index (χ0) is 22.6. The highest BCUT2D eigenvalue weighted by atomic mass is 35.5. The smallest absolute Gasteiger partial charge is 0.272 e. The molecule has 2 bridgehead atoms.